The van der Waals surface area contributed by atoms with Crippen molar-refractivity contribution in [1.29, 1.82) is 0 Å². The monoisotopic (exact) mass is 1110 g/mol. The molecule has 0 saturated heterocycles. The van der Waals surface area contributed by atoms with E-state index in [1.165, 1.54) is 95.6 Å². The lowest BCUT2D eigenvalue weighted by atomic mass is 9.81. The molecular weight excluding hydrogens is 1020 g/mol. The third-order valence-electron chi connectivity index (χ3n) is 15.4. The second-order valence-corrected chi connectivity index (χ2v) is 22.0. The molecule has 2 saturated carbocycles. The van der Waals surface area contributed by atoms with Crippen molar-refractivity contribution in [3.05, 3.63) is 119 Å². The van der Waals surface area contributed by atoms with Crippen LogP contribution in [0.4, 0.5) is 22.7 Å². The lowest BCUT2D eigenvalue weighted by molar-refractivity contribution is -0.138. The fourth-order valence-corrected chi connectivity index (χ4v) is 10.2. The molecule has 0 atom stereocenters. The maximum Gasteiger partial charge on any atom is 0.338 e. The summed E-state index contributed by atoms with van der Waals surface area (Å²) in [6.45, 7) is 7.69. The first-order valence-corrected chi connectivity index (χ1v) is 30.2. The molecule has 0 heterocycles. The minimum atomic E-state index is -0.434. The summed E-state index contributed by atoms with van der Waals surface area (Å²) in [5.74, 6) is 3.41. The van der Waals surface area contributed by atoms with E-state index in [0.29, 0.717) is 72.1 Å². The number of hydrogen-bond acceptors (Lipinski definition) is 14. The van der Waals surface area contributed by atoms with Gasteiger partial charge < -0.3 is 51.4 Å². The molecule has 4 aromatic rings. The van der Waals surface area contributed by atoms with Gasteiger partial charge in [0.15, 0.2) is 0 Å². The Morgan fingerprint density at radius 2 is 0.679 bits per heavy atom. The number of anilines is 4. The smallest absolute Gasteiger partial charge is 0.338 e. The Hall–Kier alpha value is -6.96. The van der Waals surface area contributed by atoms with E-state index in [1.807, 2.05) is 48.5 Å². The molecule has 14 nitrogen and oxygen atoms in total. The summed E-state index contributed by atoms with van der Waals surface area (Å²) in [6, 6.07) is 25.1. The van der Waals surface area contributed by atoms with Crippen LogP contribution in [0.5, 0.6) is 11.5 Å². The van der Waals surface area contributed by atoms with Crippen molar-refractivity contribution in [3.8, 4) is 11.5 Å². The Morgan fingerprint density at radius 3 is 0.988 bits per heavy atom. The highest BCUT2D eigenvalue weighted by molar-refractivity contribution is 5.92. The Labute approximate surface area is 483 Å². The highest BCUT2D eigenvalue weighted by Gasteiger charge is 2.22. The van der Waals surface area contributed by atoms with E-state index in [0.717, 1.165) is 112 Å². The normalized spacial score (nSPS) is 17.0. The molecule has 4 aromatic carbocycles. The van der Waals surface area contributed by atoms with Crippen molar-refractivity contribution in [2.24, 2.45) is 23.7 Å². The van der Waals surface area contributed by atoms with E-state index < -0.39 is 5.97 Å². The molecule has 0 unspecified atom stereocenters. The summed E-state index contributed by atoms with van der Waals surface area (Å²) in [6.07, 6.45) is 32.3. The van der Waals surface area contributed by atoms with Crippen LogP contribution in [0.3, 0.4) is 0 Å². The predicted molar refractivity (Wildman–Crippen MR) is 326 cm³/mol. The molecule has 81 heavy (non-hydrogen) atoms. The average Bonchev–Trinajstić information content (AvgIpc) is 3.47. The zero-order chi connectivity index (χ0) is 57.9. The van der Waals surface area contributed by atoms with Crippen molar-refractivity contribution >= 4 is 58.8 Å². The maximum absolute atomic E-state index is 12.1. The Kier molecular flexibility index (Phi) is 30.3. The van der Waals surface area contributed by atoms with Crippen molar-refractivity contribution in [2.45, 2.75) is 162 Å². The van der Waals surface area contributed by atoms with E-state index in [2.05, 4.69) is 13.8 Å². The molecule has 0 spiro atoms. The molecule has 8 N–H and O–H groups in total. The van der Waals surface area contributed by atoms with Gasteiger partial charge in [0.25, 0.3) is 0 Å². The quantitative estimate of drug-likeness (QED) is 0.0114. The number of nitrogens with two attached hydrogens (primary N) is 4. The molecule has 2 aliphatic rings. The zero-order valence-corrected chi connectivity index (χ0v) is 48.6. The number of hydrogen-bond donors (Lipinski definition) is 4. The van der Waals surface area contributed by atoms with Gasteiger partial charge in [-0.05, 0) is 172 Å². The number of carbonyl (C=O) groups is 4. The number of benzene rings is 4. The third-order valence-corrected chi connectivity index (χ3v) is 15.4. The lowest BCUT2D eigenvalue weighted by Crippen LogP contribution is -2.19. The largest absolute Gasteiger partial charge is 0.493 e. The highest BCUT2D eigenvalue weighted by atomic mass is 16.5. The second kappa shape index (κ2) is 37.9. The third kappa shape index (κ3) is 27.4. The maximum atomic E-state index is 12.1. The van der Waals surface area contributed by atoms with Gasteiger partial charge in [0, 0.05) is 34.9 Å². The van der Waals surface area contributed by atoms with Crippen LogP contribution in [0.1, 0.15) is 193 Å². The van der Waals surface area contributed by atoms with Crippen molar-refractivity contribution in [3.63, 3.8) is 0 Å². The van der Waals surface area contributed by atoms with Gasteiger partial charge in [-0.3, -0.25) is 0 Å². The summed E-state index contributed by atoms with van der Waals surface area (Å²) in [7, 11) is 0. The molecule has 0 aliphatic heterocycles. The molecule has 0 amide bonds. The fourth-order valence-electron chi connectivity index (χ4n) is 10.2. The van der Waals surface area contributed by atoms with Crippen molar-refractivity contribution in [2.75, 3.05) is 62.6 Å². The number of carbonyl (C=O) groups excluding carboxylic acids is 4. The number of unbranched alkanes of at least 4 members (excludes halogenated alkanes) is 11. The molecule has 2 aliphatic carbocycles. The van der Waals surface area contributed by atoms with Crippen LogP contribution in [0.25, 0.3) is 12.2 Å². The Balaban J connectivity index is 0.000000300. The fraction of sp³-hybridized carbons (Fsp3) is 0.522. The zero-order valence-electron chi connectivity index (χ0n) is 48.6. The second-order valence-electron chi connectivity index (χ2n) is 22.0. The van der Waals surface area contributed by atoms with E-state index in [1.54, 1.807) is 48.6 Å². The van der Waals surface area contributed by atoms with Crippen LogP contribution in [-0.4, -0.2) is 63.5 Å². The summed E-state index contributed by atoms with van der Waals surface area (Å²) >= 11 is 0. The molecule has 6 rings (SSSR count). The van der Waals surface area contributed by atoms with Gasteiger partial charge in [0.2, 0.25) is 0 Å². The highest BCUT2D eigenvalue weighted by Crippen LogP contribution is 2.32. The standard InChI is InChI=1S/C36H52N2O5.C31H42N2O5/c1-2-28-12-14-30(15-13-28)27-43-34-19-16-29(17-20-34)18-21-35(39)41-22-10-8-6-4-3-5-7-9-11-23-42-36(40)31-24-32(37)26-33(38)25-31;1-2-23-7-9-25(10-8-23)22-38-29-14-11-24(12-15-29)13-16-30(34)36-17-5-3-4-6-18-37-31(35)26-19-27(32)21-28(33)20-26/h16-21,24-26,28,30H,2-15,22-23,27,37-38H2,1H3;11-16,19-21,23,25H,2-10,17-18,22,32-33H2,1H3. The van der Waals surface area contributed by atoms with E-state index in [-0.39, 0.29) is 17.9 Å². The summed E-state index contributed by atoms with van der Waals surface area (Å²) in [4.78, 5) is 48.2. The molecular formula is C67H94N4O10. The first kappa shape index (κ1) is 64.9. The van der Waals surface area contributed by atoms with Gasteiger partial charge in [-0.15, -0.1) is 0 Å². The van der Waals surface area contributed by atoms with Crippen LogP contribution in [0.15, 0.2) is 97.1 Å². The van der Waals surface area contributed by atoms with E-state index in [4.69, 9.17) is 51.4 Å². The van der Waals surface area contributed by atoms with Gasteiger partial charge in [-0.2, -0.15) is 0 Å². The lowest BCUT2D eigenvalue weighted by Gasteiger charge is -2.27. The van der Waals surface area contributed by atoms with E-state index >= 15 is 0 Å². The number of esters is 4. The molecule has 0 aromatic heterocycles. The molecule has 2 fully saturated rings. The summed E-state index contributed by atoms with van der Waals surface area (Å²) in [5.41, 5.74) is 27.2. The van der Waals surface area contributed by atoms with Crippen LogP contribution in [0, 0.1) is 23.7 Å². The van der Waals surface area contributed by atoms with Gasteiger partial charge in [-0.25, -0.2) is 19.2 Å². The molecule has 442 valence electrons. The Bertz CT molecular complexity index is 2470. The number of ether oxygens (including phenoxy) is 6. The molecule has 0 radical (unpaired) electrons. The van der Waals surface area contributed by atoms with Gasteiger partial charge in [0.05, 0.1) is 50.8 Å². The van der Waals surface area contributed by atoms with Crippen molar-refractivity contribution in [1.82, 2.24) is 0 Å². The Morgan fingerprint density at radius 1 is 0.395 bits per heavy atom. The van der Waals surface area contributed by atoms with Gasteiger partial charge >= 0.3 is 23.9 Å². The summed E-state index contributed by atoms with van der Waals surface area (Å²) in [5, 5.41) is 0. The first-order chi connectivity index (χ1) is 39.3. The van der Waals surface area contributed by atoms with Crippen LogP contribution in [0.2, 0.25) is 0 Å². The minimum absolute atomic E-state index is 0.300. The molecule has 14 heteroatoms. The molecule has 0 bridgehead atoms. The topological polar surface area (TPSA) is 228 Å². The van der Waals surface area contributed by atoms with Crippen molar-refractivity contribution < 1.29 is 47.6 Å². The number of rotatable bonds is 33. The average molecular weight is 1120 g/mol. The first-order valence-electron chi connectivity index (χ1n) is 30.2. The van der Waals surface area contributed by atoms with Crippen LogP contribution >= 0.6 is 0 Å². The SMILES string of the molecule is CCC1CCC(COc2ccc(C=CC(=O)OCCCCCCCCCCCOC(=O)c3cc(N)cc(N)c3)cc2)CC1.CCC1CCC(COc2ccc(C=CC(=O)OCCCCCCOC(=O)c3cc(N)cc(N)c3)cc2)CC1. The van der Waals surface area contributed by atoms with Gasteiger partial charge in [0.1, 0.15) is 11.5 Å². The van der Waals surface area contributed by atoms with Crippen LogP contribution < -0.4 is 32.4 Å². The minimum Gasteiger partial charge on any atom is -0.493 e. The van der Waals surface area contributed by atoms with E-state index in [9.17, 15) is 19.2 Å². The predicted octanol–water partition coefficient (Wildman–Crippen LogP) is 14.8. The van der Waals surface area contributed by atoms with Gasteiger partial charge in [-0.1, -0.05) is 122 Å². The van der Waals surface area contributed by atoms with Crippen LogP contribution in [-0.2, 0) is 28.5 Å². The number of nitrogen functional groups attached to an aromatic ring is 4. The summed E-state index contributed by atoms with van der Waals surface area (Å²) < 4.78 is 33.2.